The maximum absolute atomic E-state index is 5.50. The number of methoxy groups -OCH3 is 1. The summed E-state index contributed by atoms with van der Waals surface area (Å²) in [7, 11) is 3.57. The molecule has 0 saturated heterocycles. The fraction of sp³-hybridized carbons (Fsp3) is 0.231. The highest BCUT2D eigenvalue weighted by Crippen LogP contribution is 2.30. The molecular weight excluding hydrogens is 228 g/mol. The van der Waals surface area contributed by atoms with Crippen LogP contribution in [0, 0.1) is 0 Å². The summed E-state index contributed by atoms with van der Waals surface area (Å²) < 4.78 is 5.32. The molecule has 0 amide bonds. The highest BCUT2D eigenvalue weighted by molar-refractivity contribution is 5.65. The lowest BCUT2D eigenvalue weighted by atomic mass is 10.2. The van der Waals surface area contributed by atoms with Crippen LogP contribution < -0.4 is 15.4 Å². The quantitative estimate of drug-likeness (QED) is 0.887. The Morgan fingerprint density at radius 3 is 2.61 bits per heavy atom. The molecule has 1 aromatic heterocycles. The average Bonchev–Trinajstić information content (AvgIpc) is 2.46. The van der Waals surface area contributed by atoms with Crippen LogP contribution in [-0.4, -0.2) is 24.1 Å². The van der Waals surface area contributed by atoms with E-state index in [-0.39, 0.29) is 0 Å². The van der Waals surface area contributed by atoms with Crippen LogP contribution in [0.4, 0.5) is 11.5 Å². The molecule has 0 aliphatic rings. The highest BCUT2D eigenvalue weighted by Gasteiger charge is 2.10. The standard InChI is InChI=1S/C13H16N4O/c1-17(11-5-3-4-6-12(11)18-2)13-9-15-10(7-14)8-16-13/h3-6,8-9H,7,14H2,1-2H3. The van der Waals surface area contributed by atoms with Crippen molar-refractivity contribution in [3.8, 4) is 5.75 Å². The first-order chi connectivity index (χ1) is 8.76. The van der Waals surface area contributed by atoms with E-state index in [1.54, 1.807) is 19.5 Å². The summed E-state index contributed by atoms with van der Waals surface area (Å²) in [4.78, 5) is 10.5. The molecule has 5 nitrogen and oxygen atoms in total. The summed E-state index contributed by atoms with van der Waals surface area (Å²) in [6.07, 6.45) is 3.38. The minimum absolute atomic E-state index is 0.394. The molecule has 0 bridgehead atoms. The molecule has 0 aliphatic carbocycles. The van der Waals surface area contributed by atoms with E-state index < -0.39 is 0 Å². The molecule has 0 saturated carbocycles. The van der Waals surface area contributed by atoms with Gasteiger partial charge < -0.3 is 15.4 Å². The van der Waals surface area contributed by atoms with Gasteiger partial charge in [0.2, 0.25) is 0 Å². The van der Waals surface area contributed by atoms with Crippen molar-refractivity contribution in [2.45, 2.75) is 6.54 Å². The molecule has 18 heavy (non-hydrogen) atoms. The van der Waals surface area contributed by atoms with E-state index in [4.69, 9.17) is 10.5 Å². The molecule has 1 aromatic carbocycles. The first-order valence-electron chi connectivity index (χ1n) is 5.64. The van der Waals surface area contributed by atoms with E-state index in [0.29, 0.717) is 6.54 Å². The number of nitrogens with zero attached hydrogens (tertiary/aromatic N) is 3. The van der Waals surface area contributed by atoms with Crippen molar-refractivity contribution < 1.29 is 4.74 Å². The number of benzene rings is 1. The molecule has 94 valence electrons. The normalized spacial score (nSPS) is 10.2. The molecule has 2 rings (SSSR count). The Kier molecular flexibility index (Phi) is 3.74. The monoisotopic (exact) mass is 244 g/mol. The summed E-state index contributed by atoms with van der Waals surface area (Å²) in [6.45, 7) is 0.394. The van der Waals surface area contributed by atoms with Gasteiger partial charge >= 0.3 is 0 Å². The van der Waals surface area contributed by atoms with Gasteiger partial charge in [-0.2, -0.15) is 0 Å². The van der Waals surface area contributed by atoms with Crippen LogP contribution in [-0.2, 0) is 6.54 Å². The second kappa shape index (κ2) is 5.46. The van der Waals surface area contributed by atoms with E-state index in [1.165, 1.54) is 0 Å². The molecule has 0 spiro atoms. The molecule has 1 heterocycles. The predicted molar refractivity (Wildman–Crippen MR) is 71.0 cm³/mol. The van der Waals surface area contributed by atoms with E-state index in [0.717, 1.165) is 22.9 Å². The zero-order valence-corrected chi connectivity index (χ0v) is 10.5. The number of ether oxygens (including phenoxy) is 1. The summed E-state index contributed by atoms with van der Waals surface area (Å²) >= 11 is 0. The summed E-state index contributed by atoms with van der Waals surface area (Å²) in [6, 6.07) is 7.76. The van der Waals surface area contributed by atoms with Gasteiger partial charge in [-0.05, 0) is 12.1 Å². The number of rotatable bonds is 4. The van der Waals surface area contributed by atoms with Crippen molar-refractivity contribution in [1.29, 1.82) is 0 Å². The lowest BCUT2D eigenvalue weighted by Crippen LogP contribution is -2.13. The van der Waals surface area contributed by atoms with Crippen LogP contribution in [0.3, 0.4) is 0 Å². The third-order valence-electron chi connectivity index (χ3n) is 2.69. The molecule has 5 heteroatoms. The number of aromatic nitrogens is 2. The Hall–Kier alpha value is -2.14. The van der Waals surface area contributed by atoms with Gasteiger partial charge in [0.15, 0.2) is 5.82 Å². The van der Waals surface area contributed by atoms with Crippen molar-refractivity contribution in [2.75, 3.05) is 19.1 Å². The lowest BCUT2D eigenvalue weighted by molar-refractivity contribution is 0.415. The maximum Gasteiger partial charge on any atom is 0.151 e. The molecule has 0 atom stereocenters. The molecule has 2 aromatic rings. The van der Waals surface area contributed by atoms with Crippen LogP contribution in [0.15, 0.2) is 36.7 Å². The predicted octanol–water partition coefficient (Wildman–Crippen LogP) is 1.71. The van der Waals surface area contributed by atoms with Crippen LogP contribution >= 0.6 is 0 Å². The maximum atomic E-state index is 5.50. The van der Waals surface area contributed by atoms with Gasteiger partial charge in [0, 0.05) is 13.6 Å². The summed E-state index contributed by atoms with van der Waals surface area (Å²) in [5, 5.41) is 0. The van der Waals surface area contributed by atoms with E-state index in [2.05, 4.69) is 9.97 Å². The Labute approximate surface area is 106 Å². The van der Waals surface area contributed by atoms with Gasteiger partial charge in [0.05, 0.1) is 30.9 Å². The summed E-state index contributed by atoms with van der Waals surface area (Å²) in [5.74, 6) is 1.54. The lowest BCUT2D eigenvalue weighted by Gasteiger charge is -2.20. The topological polar surface area (TPSA) is 64.3 Å². The van der Waals surface area contributed by atoms with Gasteiger partial charge in [-0.1, -0.05) is 12.1 Å². The van der Waals surface area contributed by atoms with E-state index in [9.17, 15) is 0 Å². The Morgan fingerprint density at radius 1 is 1.22 bits per heavy atom. The van der Waals surface area contributed by atoms with Gasteiger partial charge in [0.1, 0.15) is 5.75 Å². The van der Waals surface area contributed by atoms with Crippen molar-refractivity contribution >= 4 is 11.5 Å². The molecule has 0 fully saturated rings. The smallest absolute Gasteiger partial charge is 0.151 e. The third kappa shape index (κ3) is 2.41. The van der Waals surface area contributed by atoms with Crippen LogP contribution in [0.2, 0.25) is 0 Å². The first-order valence-corrected chi connectivity index (χ1v) is 5.64. The third-order valence-corrected chi connectivity index (χ3v) is 2.69. The number of hydrogen-bond donors (Lipinski definition) is 1. The van der Waals surface area contributed by atoms with E-state index in [1.807, 2.05) is 36.2 Å². The van der Waals surface area contributed by atoms with Crippen molar-refractivity contribution in [2.24, 2.45) is 5.73 Å². The second-order valence-electron chi connectivity index (χ2n) is 3.80. The van der Waals surface area contributed by atoms with Crippen molar-refractivity contribution in [3.05, 3.63) is 42.4 Å². The zero-order chi connectivity index (χ0) is 13.0. The van der Waals surface area contributed by atoms with Gasteiger partial charge in [-0.15, -0.1) is 0 Å². The largest absolute Gasteiger partial charge is 0.495 e. The van der Waals surface area contributed by atoms with Crippen LogP contribution in [0.1, 0.15) is 5.69 Å². The van der Waals surface area contributed by atoms with Gasteiger partial charge in [-0.3, -0.25) is 4.98 Å². The van der Waals surface area contributed by atoms with Gasteiger partial charge in [0.25, 0.3) is 0 Å². The number of para-hydroxylation sites is 2. The minimum atomic E-state index is 0.394. The van der Waals surface area contributed by atoms with Crippen LogP contribution in [0.5, 0.6) is 5.75 Å². The molecule has 0 radical (unpaired) electrons. The molecule has 0 unspecified atom stereocenters. The summed E-state index contributed by atoms with van der Waals surface area (Å²) in [5.41, 5.74) is 7.21. The van der Waals surface area contributed by atoms with Gasteiger partial charge in [-0.25, -0.2) is 4.98 Å². The first kappa shape index (κ1) is 12.3. The molecule has 0 aliphatic heterocycles. The fourth-order valence-electron chi connectivity index (χ4n) is 1.66. The fourth-order valence-corrected chi connectivity index (χ4v) is 1.66. The Morgan fingerprint density at radius 2 is 2.00 bits per heavy atom. The number of anilines is 2. The van der Waals surface area contributed by atoms with Crippen molar-refractivity contribution in [3.63, 3.8) is 0 Å². The Balaban J connectivity index is 2.31. The highest BCUT2D eigenvalue weighted by atomic mass is 16.5. The van der Waals surface area contributed by atoms with E-state index >= 15 is 0 Å². The number of nitrogens with two attached hydrogens (primary N) is 1. The van der Waals surface area contributed by atoms with Crippen LogP contribution in [0.25, 0.3) is 0 Å². The zero-order valence-electron chi connectivity index (χ0n) is 10.5. The molecule has 2 N–H and O–H groups in total. The molecular formula is C13H16N4O. The minimum Gasteiger partial charge on any atom is -0.495 e. The number of hydrogen-bond acceptors (Lipinski definition) is 5. The Bertz CT molecular complexity index is 513. The average molecular weight is 244 g/mol. The SMILES string of the molecule is COc1ccccc1N(C)c1cnc(CN)cn1. The van der Waals surface area contributed by atoms with Crippen molar-refractivity contribution in [1.82, 2.24) is 9.97 Å². The second-order valence-corrected chi connectivity index (χ2v) is 3.80.